The highest BCUT2D eigenvalue weighted by atomic mass is 19.1. The average molecular weight is 328 g/mol. The third-order valence-corrected chi connectivity index (χ3v) is 4.19. The molecule has 0 saturated carbocycles. The lowest BCUT2D eigenvalue weighted by molar-refractivity contribution is 0.286. The van der Waals surface area contributed by atoms with Crippen LogP contribution in [0.5, 0.6) is 5.75 Å². The third kappa shape index (κ3) is 2.77. The van der Waals surface area contributed by atoms with Crippen LogP contribution in [0, 0.1) is 25.5 Å². The maximum atomic E-state index is 13.7. The number of nitrogens with zero attached hydrogens (tertiary/aromatic N) is 2. The molecule has 2 heterocycles. The lowest BCUT2D eigenvalue weighted by Crippen LogP contribution is -2.05. The van der Waals surface area contributed by atoms with E-state index in [0.717, 1.165) is 22.7 Å². The Labute approximate surface area is 139 Å². The molecule has 1 aromatic carbocycles. The van der Waals surface area contributed by atoms with Crippen LogP contribution in [0.1, 0.15) is 17.0 Å². The van der Waals surface area contributed by atoms with Crippen molar-refractivity contribution in [3.8, 4) is 5.75 Å². The van der Waals surface area contributed by atoms with Crippen LogP contribution < -0.4 is 4.74 Å². The number of aromatic nitrogens is 2. The van der Waals surface area contributed by atoms with Crippen molar-refractivity contribution in [2.45, 2.75) is 27.0 Å². The number of halogens is 2. The van der Waals surface area contributed by atoms with Gasteiger partial charge in [0.2, 0.25) is 0 Å². The molecular formula is C19H18F2N2O. The first-order valence-corrected chi connectivity index (χ1v) is 7.65. The summed E-state index contributed by atoms with van der Waals surface area (Å²) in [7, 11) is 0. The van der Waals surface area contributed by atoms with E-state index in [-0.39, 0.29) is 12.4 Å². The summed E-state index contributed by atoms with van der Waals surface area (Å²) < 4.78 is 34.4. The number of allylic oxidation sites excluding steroid dienone is 1. The van der Waals surface area contributed by atoms with Gasteiger partial charge in [0.1, 0.15) is 18.1 Å². The Balaban J connectivity index is 2.00. The van der Waals surface area contributed by atoms with E-state index in [0.29, 0.717) is 12.2 Å². The first kappa shape index (κ1) is 16.2. The van der Waals surface area contributed by atoms with Crippen molar-refractivity contribution in [2.24, 2.45) is 0 Å². The Morgan fingerprint density at radius 2 is 2.04 bits per heavy atom. The van der Waals surface area contributed by atoms with Crippen molar-refractivity contribution in [3.05, 3.63) is 71.7 Å². The van der Waals surface area contributed by atoms with Gasteiger partial charge in [-0.25, -0.2) is 8.78 Å². The highest BCUT2D eigenvalue weighted by Crippen LogP contribution is 2.28. The van der Waals surface area contributed by atoms with Gasteiger partial charge in [-0.1, -0.05) is 6.08 Å². The molecule has 0 aliphatic rings. The average Bonchev–Trinajstić information content (AvgIpc) is 2.80. The summed E-state index contributed by atoms with van der Waals surface area (Å²) in [6.45, 7) is 8.65. The Kier molecular flexibility index (Phi) is 4.34. The summed E-state index contributed by atoms with van der Waals surface area (Å²) in [4.78, 5) is 4.39. The molecule has 0 spiro atoms. The number of ether oxygens (including phenoxy) is 1. The zero-order chi connectivity index (χ0) is 17.3. The maximum absolute atomic E-state index is 13.7. The number of hydrogen-bond acceptors (Lipinski definition) is 2. The SMILES string of the molecule is C=CCn1c(C)c(C)c2ccnc(COc3ccc(F)cc3F)c21. The van der Waals surface area contributed by atoms with Gasteiger partial charge in [-0.05, 0) is 37.6 Å². The van der Waals surface area contributed by atoms with Crippen molar-refractivity contribution in [3.63, 3.8) is 0 Å². The minimum absolute atomic E-state index is 0.00507. The van der Waals surface area contributed by atoms with E-state index in [2.05, 4.69) is 23.1 Å². The second-order valence-electron chi connectivity index (χ2n) is 5.63. The van der Waals surface area contributed by atoms with Gasteiger partial charge in [-0.15, -0.1) is 6.58 Å². The number of aryl methyl sites for hydroxylation is 1. The molecule has 0 atom stereocenters. The van der Waals surface area contributed by atoms with Crippen LogP contribution in [-0.4, -0.2) is 9.55 Å². The number of hydrogen-bond donors (Lipinski definition) is 0. The molecule has 0 bridgehead atoms. The van der Waals surface area contributed by atoms with Crippen LogP contribution in [0.25, 0.3) is 10.9 Å². The van der Waals surface area contributed by atoms with Crippen LogP contribution in [0.3, 0.4) is 0 Å². The maximum Gasteiger partial charge on any atom is 0.167 e. The molecule has 0 radical (unpaired) electrons. The fourth-order valence-corrected chi connectivity index (χ4v) is 2.87. The van der Waals surface area contributed by atoms with E-state index < -0.39 is 11.6 Å². The van der Waals surface area contributed by atoms with Crippen molar-refractivity contribution in [2.75, 3.05) is 0 Å². The summed E-state index contributed by atoms with van der Waals surface area (Å²) in [5.41, 5.74) is 3.96. The standard InChI is InChI=1S/C19H18F2N2O/c1-4-9-23-13(3)12(2)15-7-8-22-17(19(15)23)11-24-18-6-5-14(20)10-16(18)21/h4-8,10H,1,9,11H2,2-3H3. The van der Waals surface area contributed by atoms with Gasteiger partial charge in [0, 0.05) is 29.9 Å². The predicted octanol–water partition coefficient (Wildman–Crippen LogP) is 4.70. The molecule has 2 aromatic heterocycles. The molecular weight excluding hydrogens is 310 g/mol. The Bertz CT molecular complexity index is 915. The number of fused-ring (bicyclic) bond motifs is 1. The van der Waals surface area contributed by atoms with E-state index in [4.69, 9.17) is 4.74 Å². The molecule has 24 heavy (non-hydrogen) atoms. The molecule has 0 aliphatic carbocycles. The third-order valence-electron chi connectivity index (χ3n) is 4.19. The van der Waals surface area contributed by atoms with Crippen molar-refractivity contribution in [1.29, 1.82) is 0 Å². The zero-order valence-electron chi connectivity index (χ0n) is 13.6. The van der Waals surface area contributed by atoms with Gasteiger partial charge in [0.15, 0.2) is 11.6 Å². The molecule has 3 nitrogen and oxygen atoms in total. The van der Waals surface area contributed by atoms with Crippen LogP contribution in [0.4, 0.5) is 8.78 Å². The first-order chi connectivity index (χ1) is 11.5. The topological polar surface area (TPSA) is 27.1 Å². The largest absolute Gasteiger partial charge is 0.484 e. The van der Waals surface area contributed by atoms with E-state index in [1.165, 1.54) is 17.7 Å². The summed E-state index contributed by atoms with van der Waals surface area (Å²) in [6.07, 6.45) is 3.54. The lowest BCUT2D eigenvalue weighted by Gasteiger charge is -2.11. The normalized spacial score (nSPS) is 11.0. The van der Waals surface area contributed by atoms with Crippen molar-refractivity contribution < 1.29 is 13.5 Å². The van der Waals surface area contributed by atoms with Crippen LogP contribution in [0.2, 0.25) is 0 Å². The molecule has 0 fully saturated rings. The van der Waals surface area contributed by atoms with E-state index in [1.807, 2.05) is 19.1 Å². The smallest absolute Gasteiger partial charge is 0.167 e. The molecule has 3 aromatic rings. The summed E-state index contributed by atoms with van der Waals surface area (Å²) in [6, 6.07) is 5.21. The van der Waals surface area contributed by atoms with Gasteiger partial charge in [-0.3, -0.25) is 4.98 Å². The highest BCUT2D eigenvalue weighted by Gasteiger charge is 2.15. The van der Waals surface area contributed by atoms with E-state index in [1.54, 1.807) is 6.20 Å². The number of rotatable bonds is 5. The van der Waals surface area contributed by atoms with Gasteiger partial charge in [0.25, 0.3) is 0 Å². The van der Waals surface area contributed by atoms with Gasteiger partial charge >= 0.3 is 0 Å². The zero-order valence-corrected chi connectivity index (χ0v) is 13.6. The fourth-order valence-electron chi connectivity index (χ4n) is 2.87. The minimum atomic E-state index is -0.726. The molecule has 0 N–H and O–H groups in total. The molecule has 0 amide bonds. The van der Waals surface area contributed by atoms with E-state index >= 15 is 0 Å². The summed E-state index contributed by atoms with van der Waals surface area (Å²) >= 11 is 0. The number of pyridine rings is 1. The molecule has 0 saturated heterocycles. The highest BCUT2D eigenvalue weighted by molar-refractivity contribution is 5.86. The van der Waals surface area contributed by atoms with Crippen molar-refractivity contribution >= 4 is 10.9 Å². The second-order valence-corrected chi connectivity index (χ2v) is 5.63. The summed E-state index contributed by atoms with van der Waals surface area (Å²) in [5, 5.41) is 1.09. The molecule has 3 rings (SSSR count). The van der Waals surface area contributed by atoms with Gasteiger partial charge in [0.05, 0.1) is 5.52 Å². The van der Waals surface area contributed by atoms with Gasteiger partial charge < -0.3 is 9.30 Å². The second kappa shape index (κ2) is 6.43. The van der Waals surface area contributed by atoms with Crippen LogP contribution >= 0.6 is 0 Å². The van der Waals surface area contributed by atoms with Crippen LogP contribution in [-0.2, 0) is 13.2 Å². The van der Waals surface area contributed by atoms with Crippen LogP contribution in [0.15, 0.2) is 43.1 Å². The van der Waals surface area contributed by atoms with E-state index in [9.17, 15) is 8.78 Å². The molecule has 124 valence electrons. The minimum Gasteiger partial charge on any atom is -0.484 e. The first-order valence-electron chi connectivity index (χ1n) is 7.65. The molecule has 0 aliphatic heterocycles. The van der Waals surface area contributed by atoms with Gasteiger partial charge in [-0.2, -0.15) is 0 Å². The lowest BCUT2D eigenvalue weighted by atomic mass is 10.2. The Hall–Kier alpha value is -2.69. The predicted molar refractivity (Wildman–Crippen MR) is 90.1 cm³/mol. The Morgan fingerprint density at radius 3 is 2.75 bits per heavy atom. The molecule has 0 unspecified atom stereocenters. The fraction of sp³-hybridized carbons (Fsp3) is 0.211. The quantitative estimate of drug-likeness (QED) is 0.635. The monoisotopic (exact) mass is 328 g/mol. The summed E-state index contributed by atoms with van der Waals surface area (Å²) in [5.74, 6) is -1.35. The molecule has 5 heteroatoms. The Morgan fingerprint density at radius 1 is 1.25 bits per heavy atom. The van der Waals surface area contributed by atoms with Crippen molar-refractivity contribution in [1.82, 2.24) is 9.55 Å². The number of benzene rings is 1.